The number of rotatable bonds is 5. The maximum Gasteiger partial charge on any atom is 0.274 e. The number of pyridine rings is 1. The Labute approximate surface area is 136 Å². The number of halogens is 1. The third-order valence-corrected chi connectivity index (χ3v) is 3.43. The molecule has 5 nitrogen and oxygen atoms in total. The van der Waals surface area contributed by atoms with Crippen molar-refractivity contribution in [1.29, 1.82) is 0 Å². The lowest BCUT2D eigenvalue weighted by atomic mass is 10.2. The molecule has 1 heterocycles. The second kappa shape index (κ2) is 7.51. The SMILES string of the molecule is C=CCNC(=O)c1cccc(C(=O)Nc2ccccc2Br)n1. The van der Waals surface area contributed by atoms with E-state index < -0.39 is 0 Å². The Kier molecular flexibility index (Phi) is 5.43. The van der Waals surface area contributed by atoms with Gasteiger partial charge in [-0.2, -0.15) is 0 Å². The highest BCUT2D eigenvalue weighted by atomic mass is 79.9. The van der Waals surface area contributed by atoms with E-state index in [0.717, 1.165) is 4.47 Å². The molecule has 0 aliphatic carbocycles. The van der Waals surface area contributed by atoms with Gasteiger partial charge >= 0.3 is 0 Å². The molecule has 0 atom stereocenters. The first-order valence-electron chi connectivity index (χ1n) is 6.54. The number of carbonyl (C=O) groups excluding carboxylic acids is 2. The van der Waals surface area contributed by atoms with Crippen LogP contribution in [-0.4, -0.2) is 23.3 Å². The zero-order valence-electron chi connectivity index (χ0n) is 11.7. The van der Waals surface area contributed by atoms with Crippen molar-refractivity contribution >= 4 is 33.4 Å². The summed E-state index contributed by atoms with van der Waals surface area (Å²) in [6, 6.07) is 12.0. The summed E-state index contributed by atoms with van der Waals surface area (Å²) in [7, 11) is 0. The Balaban J connectivity index is 2.15. The summed E-state index contributed by atoms with van der Waals surface area (Å²) in [5, 5.41) is 5.35. The van der Waals surface area contributed by atoms with Crippen LogP contribution in [0.15, 0.2) is 59.6 Å². The Hall–Kier alpha value is -2.47. The molecule has 2 amide bonds. The van der Waals surface area contributed by atoms with Gasteiger partial charge in [0.15, 0.2) is 0 Å². The van der Waals surface area contributed by atoms with Gasteiger partial charge in [0, 0.05) is 11.0 Å². The van der Waals surface area contributed by atoms with Gasteiger partial charge in [0.2, 0.25) is 0 Å². The fourth-order valence-corrected chi connectivity index (χ4v) is 2.08. The van der Waals surface area contributed by atoms with E-state index >= 15 is 0 Å². The molecular formula is C16H14BrN3O2. The Morgan fingerprint density at radius 3 is 2.45 bits per heavy atom. The summed E-state index contributed by atoms with van der Waals surface area (Å²) in [6.45, 7) is 3.86. The molecule has 0 unspecified atom stereocenters. The van der Waals surface area contributed by atoms with Crippen LogP contribution in [0.25, 0.3) is 0 Å². The minimum absolute atomic E-state index is 0.169. The summed E-state index contributed by atoms with van der Waals surface area (Å²) in [6.07, 6.45) is 1.57. The number of amides is 2. The highest BCUT2D eigenvalue weighted by Gasteiger charge is 2.12. The molecule has 2 rings (SSSR count). The van der Waals surface area contributed by atoms with Gasteiger partial charge in [-0.15, -0.1) is 6.58 Å². The fourth-order valence-electron chi connectivity index (χ4n) is 1.69. The van der Waals surface area contributed by atoms with E-state index in [1.54, 1.807) is 30.3 Å². The normalized spacial score (nSPS) is 9.86. The van der Waals surface area contributed by atoms with Crippen molar-refractivity contribution < 1.29 is 9.59 Å². The molecule has 0 spiro atoms. The van der Waals surface area contributed by atoms with Crippen molar-refractivity contribution in [2.24, 2.45) is 0 Å². The van der Waals surface area contributed by atoms with Crippen molar-refractivity contribution in [2.75, 3.05) is 11.9 Å². The number of para-hydroxylation sites is 1. The van der Waals surface area contributed by atoms with E-state index in [9.17, 15) is 9.59 Å². The molecule has 22 heavy (non-hydrogen) atoms. The zero-order valence-corrected chi connectivity index (χ0v) is 13.3. The number of hydrogen-bond acceptors (Lipinski definition) is 3. The summed E-state index contributed by atoms with van der Waals surface area (Å²) in [5.41, 5.74) is 0.986. The van der Waals surface area contributed by atoms with Gasteiger partial charge in [-0.3, -0.25) is 9.59 Å². The average Bonchev–Trinajstić information content (AvgIpc) is 2.54. The largest absolute Gasteiger partial charge is 0.347 e. The molecule has 1 aromatic carbocycles. The lowest BCUT2D eigenvalue weighted by molar-refractivity contribution is 0.0953. The molecule has 6 heteroatoms. The van der Waals surface area contributed by atoms with Crippen molar-refractivity contribution in [3.8, 4) is 0 Å². The molecule has 1 aromatic heterocycles. The van der Waals surface area contributed by atoms with E-state index in [0.29, 0.717) is 12.2 Å². The topological polar surface area (TPSA) is 71.1 Å². The fraction of sp³-hybridized carbons (Fsp3) is 0.0625. The quantitative estimate of drug-likeness (QED) is 0.806. The molecular weight excluding hydrogens is 346 g/mol. The van der Waals surface area contributed by atoms with Gasteiger partial charge < -0.3 is 10.6 Å². The molecule has 0 bridgehead atoms. The average molecular weight is 360 g/mol. The predicted molar refractivity (Wildman–Crippen MR) is 88.9 cm³/mol. The standard InChI is InChI=1S/C16H14BrN3O2/c1-2-10-18-15(21)13-8-5-9-14(19-13)16(22)20-12-7-4-3-6-11(12)17/h2-9H,1,10H2,(H,18,21)(H,20,22). The Bertz CT molecular complexity index is 716. The van der Waals surface area contributed by atoms with Gasteiger partial charge in [0.05, 0.1) is 5.69 Å². The smallest absolute Gasteiger partial charge is 0.274 e. The summed E-state index contributed by atoms with van der Waals surface area (Å²) >= 11 is 3.35. The van der Waals surface area contributed by atoms with Crippen LogP contribution in [-0.2, 0) is 0 Å². The van der Waals surface area contributed by atoms with Crippen LogP contribution in [0, 0.1) is 0 Å². The Morgan fingerprint density at radius 2 is 1.77 bits per heavy atom. The third kappa shape index (κ3) is 4.02. The maximum absolute atomic E-state index is 12.2. The highest BCUT2D eigenvalue weighted by molar-refractivity contribution is 9.10. The van der Waals surface area contributed by atoms with E-state index in [4.69, 9.17) is 0 Å². The van der Waals surface area contributed by atoms with E-state index in [-0.39, 0.29) is 23.2 Å². The van der Waals surface area contributed by atoms with Crippen molar-refractivity contribution in [1.82, 2.24) is 10.3 Å². The van der Waals surface area contributed by atoms with E-state index in [1.807, 2.05) is 18.2 Å². The number of anilines is 1. The number of nitrogens with one attached hydrogen (secondary N) is 2. The number of benzene rings is 1. The molecule has 0 fully saturated rings. The minimum atomic E-state index is -0.384. The minimum Gasteiger partial charge on any atom is -0.347 e. The predicted octanol–water partition coefficient (Wildman–Crippen LogP) is 3.01. The molecule has 0 radical (unpaired) electrons. The zero-order chi connectivity index (χ0) is 15.9. The summed E-state index contributed by atoms with van der Waals surface area (Å²) in [5.74, 6) is -0.735. The van der Waals surface area contributed by atoms with Crippen LogP contribution < -0.4 is 10.6 Å². The van der Waals surface area contributed by atoms with E-state index in [2.05, 4.69) is 38.1 Å². The van der Waals surface area contributed by atoms with Crippen LogP contribution in [0.3, 0.4) is 0 Å². The molecule has 0 saturated heterocycles. The van der Waals surface area contributed by atoms with Crippen molar-refractivity contribution in [2.45, 2.75) is 0 Å². The maximum atomic E-state index is 12.2. The first-order chi connectivity index (χ1) is 10.6. The third-order valence-electron chi connectivity index (χ3n) is 2.74. The van der Waals surface area contributed by atoms with Crippen LogP contribution >= 0.6 is 15.9 Å². The number of aromatic nitrogens is 1. The van der Waals surface area contributed by atoms with E-state index in [1.165, 1.54) is 0 Å². The van der Waals surface area contributed by atoms with Crippen LogP contribution in [0.1, 0.15) is 21.0 Å². The molecule has 2 aromatic rings. The second-order valence-corrected chi connectivity index (χ2v) is 5.20. The summed E-state index contributed by atoms with van der Waals surface area (Å²) < 4.78 is 0.767. The second-order valence-electron chi connectivity index (χ2n) is 4.34. The Morgan fingerprint density at radius 1 is 1.09 bits per heavy atom. The van der Waals surface area contributed by atoms with Crippen LogP contribution in [0.5, 0.6) is 0 Å². The molecule has 0 aliphatic heterocycles. The number of carbonyl (C=O) groups is 2. The molecule has 112 valence electrons. The lowest BCUT2D eigenvalue weighted by Gasteiger charge is -2.07. The van der Waals surface area contributed by atoms with Gasteiger partial charge in [-0.25, -0.2) is 4.98 Å². The number of hydrogen-bond donors (Lipinski definition) is 2. The van der Waals surface area contributed by atoms with Gasteiger partial charge in [-0.05, 0) is 40.2 Å². The molecule has 2 N–H and O–H groups in total. The lowest BCUT2D eigenvalue weighted by Crippen LogP contribution is -2.25. The van der Waals surface area contributed by atoms with Crippen molar-refractivity contribution in [3.05, 3.63) is 71.0 Å². The molecule has 0 saturated carbocycles. The molecule has 0 aliphatic rings. The van der Waals surface area contributed by atoms with Gasteiger partial charge in [0.1, 0.15) is 11.4 Å². The van der Waals surface area contributed by atoms with Crippen molar-refractivity contribution in [3.63, 3.8) is 0 Å². The first-order valence-corrected chi connectivity index (χ1v) is 7.33. The van der Waals surface area contributed by atoms with Gasteiger partial charge in [-0.1, -0.05) is 24.3 Å². The monoisotopic (exact) mass is 359 g/mol. The highest BCUT2D eigenvalue weighted by Crippen LogP contribution is 2.21. The van der Waals surface area contributed by atoms with Crippen LogP contribution in [0.4, 0.5) is 5.69 Å². The first kappa shape index (κ1) is 15.9. The van der Waals surface area contributed by atoms with Crippen LogP contribution in [0.2, 0.25) is 0 Å². The number of nitrogens with zero attached hydrogens (tertiary/aromatic N) is 1. The van der Waals surface area contributed by atoms with Gasteiger partial charge in [0.25, 0.3) is 11.8 Å². The summed E-state index contributed by atoms with van der Waals surface area (Å²) in [4.78, 5) is 28.1.